The van der Waals surface area contributed by atoms with Crippen molar-refractivity contribution in [1.82, 2.24) is 9.80 Å². The van der Waals surface area contributed by atoms with Gasteiger partial charge in [0.05, 0.1) is 13.2 Å². The molecule has 0 spiro atoms. The van der Waals surface area contributed by atoms with Crippen LogP contribution in [-0.4, -0.2) is 67.3 Å². The van der Waals surface area contributed by atoms with Crippen molar-refractivity contribution in [3.63, 3.8) is 0 Å². The highest BCUT2D eigenvalue weighted by atomic mass is 35.5. The number of aliphatic carboxylic acids is 1. The summed E-state index contributed by atoms with van der Waals surface area (Å²) in [6, 6.07) is 27.5. The summed E-state index contributed by atoms with van der Waals surface area (Å²) < 4.78 is 11.6. The molecular weight excluding hydrogens is 500 g/mol. The smallest absolute Gasteiger partial charge is 0.328 e. The summed E-state index contributed by atoms with van der Waals surface area (Å²) in [6.07, 6.45) is 6.09. The van der Waals surface area contributed by atoms with E-state index >= 15 is 0 Å². The number of halogens is 1. The zero-order chi connectivity index (χ0) is 25.9. The van der Waals surface area contributed by atoms with E-state index in [1.165, 1.54) is 17.2 Å². The minimum atomic E-state index is -0.973. The largest absolute Gasteiger partial charge is 0.493 e. The highest BCUT2D eigenvalue weighted by Gasteiger charge is 2.26. The number of methoxy groups -OCH3 is 1. The predicted octanol–water partition coefficient (Wildman–Crippen LogP) is 5.56. The summed E-state index contributed by atoms with van der Waals surface area (Å²) in [7, 11) is 1.62. The lowest BCUT2D eigenvalue weighted by molar-refractivity contribution is -0.131. The molecule has 200 valence electrons. The van der Waals surface area contributed by atoms with Gasteiger partial charge in [-0.05, 0) is 28.8 Å². The van der Waals surface area contributed by atoms with Crippen LogP contribution in [-0.2, 0) is 4.79 Å². The Bertz CT molecular complexity index is 1150. The minimum Gasteiger partial charge on any atom is -0.493 e. The zero-order valence-corrected chi connectivity index (χ0v) is 22.4. The maximum Gasteiger partial charge on any atom is 0.328 e. The highest BCUT2D eigenvalue weighted by molar-refractivity contribution is 5.85. The molecule has 0 aromatic heterocycles. The van der Waals surface area contributed by atoms with Gasteiger partial charge in [-0.25, -0.2) is 4.79 Å². The van der Waals surface area contributed by atoms with Gasteiger partial charge in [0.25, 0.3) is 0 Å². The van der Waals surface area contributed by atoms with Gasteiger partial charge in [-0.1, -0.05) is 85.0 Å². The zero-order valence-electron chi connectivity index (χ0n) is 21.6. The molecule has 0 radical (unpaired) electrons. The van der Waals surface area contributed by atoms with Crippen molar-refractivity contribution in [2.45, 2.75) is 6.04 Å². The number of piperazine rings is 1. The first-order valence-electron chi connectivity index (χ1n) is 12.6. The Labute approximate surface area is 231 Å². The highest BCUT2D eigenvalue weighted by Crippen LogP contribution is 2.30. The molecular formula is C31H35ClN2O4. The molecule has 0 unspecified atom stereocenters. The van der Waals surface area contributed by atoms with Gasteiger partial charge in [-0.15, -0.1) is 12.4 Å². The molecule has 0 bridgehead atoms. The number of allylic oxidation sites excluding steroid dienone is 2. The standard InChI is InChI=1S/C31H34N2O4.ClH/c1-36-29-24-25(10-8-9-15-30(34)35)16-17-28(29)37-23-22-32-18-20-33(21-19-32)31(26-11-4-2-5-12-26)27-13-6-3-7-14-27;/h2-17,24,31H,18-23H2,1H3,(H,34,35);1H. The number of carboxylic acids is 1. The molecule has 1 fully saturated rings. The first-order valence-corrected chi connectivity index (χ1v) is 12.6. The Balaban J connectivity index is 0.00000400. The van der Waals surface area contributed by atoms with Crippen molar-refractivity contribution in [2.75, 3.05) is 46.4 Å². The summed E-state index contributed by atoms with van der Waals surface area (Å²) >= 11 is 0. The van der Waals surface area contributed by atoms with Gasteiger partial charge in [0, 0.05) is 38.8 Å². The van der Waals surface area contributed by atoms with E-state index in [1.807, 2.05) is 24.3 Å². The van der Waals surface area contributed by atoms with Crippen LogP contribution in [0.3, 0.4) is 0 Å². The summed E-state index contributed by atoms with van der Waals surface area (Å²) in [5, 5.41) is 8.67. The first-order chi connectivity index (χ1) is 18.1. The maximum absolute atomic E-state index is 10.6. The number of benzene rings is 3. The van der Waals surface area contributed by atoms with Crippen LogP contribution in [0.2, 0.25) is 0 Å². The summed E-state index contributed by atoms with van der Waals surface area (Å²) in [5.74, 6) is 0.384. The Kier molecular flexibility index (Phi) is 11.4. The lowest BCUT2D eigenvalue weighted by Crippen LogP contribution is -2.48. The minimum absolute atomic E-state index is 0. The summed E-state index contributed by atoms with van der Waals surface area (Å²) in [5.41, 5.74) is 3.56. The molecule has 4 rings (SSSR count). The van der Waals surface area contributed by atoms with Crippen LogP contribution < -0.4 is 9.47 Å². The second kappa shape index (κ2) is 15.0. The fraction of sp³-hybridized carbons (Fsp3) is 0.258. The maximum atomic E-state index is 10.6. The van der Waals surface area contributed by atoms with E-state index in [9.17, 15) is 4.79 Å². The van der Waals surface area contributed by atoms with Crippen molar-refractivity contribution in [1.29, 1.82) is 0 Å². The van der Waals surface area contributed by atoms with Crippen LogP contribution in [0.4, 0.5) is 0 Å². The number of hydrogen-bond donors (Lipinski definition) is 1. The molecule has 0 aliphatic carbocycles. The molecule has 1 saturated heterocycles. The molecule has 7 heteroatoms. The molecule has 6 nitrogen and oxygen atoms in total. The number of nitrogens with zero attached hydrogens (tertiary/aromatic N) is 2. The molecule has 38 heavy (non-hydrogen) atoms. The third-order valence-corrected chi connectivity index (χ3v) is 6.49. The molecule has 3 aromatic carbocycles. The van der Waals surface area contributed by atoms with Crippen LogP contribution >= 0.6 is 12.4 Å². The average Bonchev–Trinajstić information content (AvgIpc) is 2.94. The third-order valence-electron chi connectivity index (χ3n) is 6.49. The van der Waals surface area contributed by atoms with Crippen LogP contribution in [0.25, 0.3) is 6.08 Å². The van der Waals surface area contributed by atoms with E-state index in [-0.39, 0.29) is 18.4 Å². The van der Waals surface area contributed by atoms with E-state index in [0.717, 1.165) is 44.4 Å². The van der Waals surface area contributed by atoms with Crippen LogP contribution in [0.1, 0.15) is 22.7 Å². The van der Waals surface area contributed by atoms with Gasteiger partial charge >= 0.3 is 5.97 Å². The van der Waals surface area contributed by atoms with E-state index < -0.39 is 5.97 Å². The van der Waals surface area contributed by atoms with E-state index in [0.29, 0.717) is 18.1 Å². The Hall–Kier alpha value is -3.58. The molecule has 1 aliphatic heterocycles. The predicted molar refractivity (Wildman–Crippen MR) is 154 cm³/mol. The number of hydrogen-bond acceptors (Lipinski definition) is 5. The van der Waals surface area contributed by atoms with Crippen molar-refractivity contribution < 1.29 is 19.4 Å². The topological polar surface area (TPSA) is 62.2 Å². The summed E-state index contributed by atoms with van der Waals surface area (Å²) in [6.45, 7) is 5.40. The lowest BCUT2D eigenvalue weighted by Gasteiger charge is -2.39. The first kappa shape index (κ1) is 29.0. The number of rotatable bonds is 11. The van der Waals surface area contributed by atoms with Crippen molar-refractivity contribution >= 4 is 24.5 Å². The average molecular weight is 535 g/mol. The second-order valence-electron chi connectivity index (χ2n) is 8.92. The van der Waals surface area contributed by atoms with Gasteiger partial charge in [0.2, 0.25) is 0 Å². The SMILES string of the molecule is COc1cc(C=CC=CC(=O)O)ccc1OCCN1CCN(C(c2ccccc2)c2ccccc2)CC1.Cl. The van der Waals surface area contributed by atoms with Crippen LogP contribution in [0.5, 0.6) is 11.5 Å². The van der Waals surface area contributed by atoms with Crippen LogP contribution in [0, 0.1) is 0 Å². The quantitative estimate of drug-likeness (QED) is 0.257. The van der Waals surface area contributed by atoms with E-state index in [2.05, 4.69) is 70.5 Å². The molecule has 1 N–H and O–H groups in total. The van der Waals surface area contributed by atoms with E-state index in [4.69, 9.17) is 14.6 Å². The van der Waals surface area contributed by atoms with Gasteiger partial charge in [0.15, 0.2) is 11.5 Å². The molecule has 3 aromatic rings. The second-order valence-corrected chi connectivity index (χ2v) is 8.92. The number of carbonyl (C=O) groups is 1. The Morgan fingerprint density at radius 1 is 0.895 bits per heavy atom. The monoisotopic (exact) mass is 534 g/mol. The van der Waals surface area contributed by atoms with Crippen LogP contribution in [0.15, 0.2) is 97.1 Å². The summed E-state index contributed by atoms with van der Waals surface area (Å²) in [4.78, 5) is 15.6. The normalized spacial score (nSPS) is 14.6. The van der Waals surface area contributed by atoms with Gasteiger partial charge < -0.3 is 14.6 Å². The molecule has 1 heterocycles. The molecule has 0 atom stereocenters. The molecule has 0 saturated carbocycles. The number of ether oxygens (including phenoxy) is 2. The van der Waals surface area contributed by atoms with Gasteiger partial charge in [0.1, 0.15) is 6.61 Å². The van der Waals surface area contributed by atoms with Crippen molar-refractivity contribution in [2.24, 2.45) is 0 Å². The number of carboxylic acid groups (broad SMARTS) is 1. The third kappa shape index (κ3) is 8.21. The Morgan fingerprint density at radius 2 is 1.53 bits per heavy atom. The van der Waals surface area contributed by atoms with Gasteiger partial charge in [-0.3, -0.25) is 9.80 Å². The fourth-order valence-electron chi connectivity index (χ4n) is 4.63. The molecule has 0 amide bonds. The van der Waals surface area contributed by atoms with Crippen molar-refractivity contribution in [3.8, 4) is 11.5 Å². The van der Waals surface area contributed by atoms with Gasteiger partial charge in [-0.2, -0.15) is 0 Å². The van der Waals surface area contributed by atoms with Crippen molar-refractivity contribution in [3.05, 3.63) is 114 Å². The molecule has 1 aliphatic rings. The Morgan fingerprint density at radius 3 is 2.11 bits per heavy atom. The van der Waals surface area contributed by atoms with E-state index in [1.54, 1.807) is 13.2 Å². The fourth-order valence-corrected chi connectivity index (χ4v) is 4.63. The lowest BCUT2D eigenvalue weighted by atomic mass is 9.96.